The topological polar surface area (TPSA) is 69.6 Å². The van der Waals surface area contributed by atoms with Crippen molar-refractivity contribution >= 4 is 12.0 Å². The molecule has 19 heavy (non-hydrogen) atoms. The van der Waals surface area contributed by atoms with Crippen molar-refractivity contribution in [2.24, 2.45) is 5.92 Å². The number of rotatable bonds is 9. The zero-order valence-electron chi connectivity index (χ0n) is 12.6. The Morgan fingerprint density at radius 3 is 2.26 bits per heavy atom. The Bertz CT molecular complexity index is 278. The van der Waals surface area contributed by atoms with Crippen LogP contribution in [0.4, 0.5) is 4.79 Å². The summed E-state index contributed by atoms with van der Waals surface area (Å²) >= 11 is 0. The lowest BCUT2D eigenvalue weighted by Crippen LogP contribution is -2.43. The molecule has 1 unspecified atom stereocenters. The second-order valence-electron chi connectivity index (χ2n) is 5.14. The summed E-state index contributed by atoms with van der Waals surface area (Å²) in [5.41, 5.74) is 0. The second-order valence-corrected chi connectivity index (χ2v) is 5.14. The number of carboxylic acid groups (broad SMARTS) is 1. The largest absolute Gasteiger partial charge is 0.481 e. The lowest BCUT2D eigenvalue weighted by atomic mass is 10.0. The minimum Gasteiger partial charge on any atom is -0.481 e. The van der Waals surface area contributed by atoms with Gasteiger partial charge in [0.05, 0.1) is 0 Å². The van der Waals surface area contributed by atoms with Gasteiger partial charge in [0, 0.05) is 26.1 Å². The molecular formula is C14H28N2O3. The molecule has 0 radical (unpaired) electrons. The highest BCUT2D eigenvalue weighted by molar-refractivity contribution is 5.74. The summed E-state index contributed by atoms with van der Waals surface area (Å²) in [5, 5.41) is 11.5. The van der Waals surface area contributed by atoms with E-state index in [4.69, 9.17) is 5.11 Å². The third-order valence-corrected chi connectivity index (χ3v) is 3.57. The fourth-order valence-corrected chi connectivity index (χ4v) is 2.07. The maximum atomic E-state index is 11.9. The van der Waals surface area contributed by atoms with E-state index in [1.54, 1.807) is 4.90 Å². The summed E-state index contributed by atoms with van der Waals surface area (Å²) in [7, 11) is 1.82. The third-order valence-electron chi connectivity index (χ3n) is 3.57. The monoisotopic (exact) mass is 272 g/mol. The number of carbonyl (C=O) groups excluding carboxylic acids is 1. The van der Waals surface area contributed by atoms with Crippen LogP contribution < -0.4 is 5.32 Å². The molecule has 5 nitrogen and oxygen atoms in total. The van der Waals surface area contributed by atoms with Gasteiger partial charge in [-0.05, 0) is 31.6 Å². The van der Waals surface area contributed by atoms with Gasteiger partial charge in [-0.3, -0.25) is 4.79 Å². The van der Waals surface area contributed by atoms with E-state index in [0.29, 0.717) is 18.9 Å². The van der Waals surface area contributed by atoms with Crippen LogP contribution in [0.15, 0.2) is 0 Å². The molecule has 0 saturated carbocycles. The van der Waals surface area contributed by atoms with E-state index in [1.165, 1.54) is 0 Å². The maximum absolute atomic E-state index is 11.9. The first-order valence-corrected chi connectivity index (χ1v) is 7.14. The van der Waals surface area contributed by atoms with E-state index in [0.717, 1.165) is 19.3 Å². The van der Waals surface area contributed by atoms with Gasteiger partial charge in [0.25, 0.3) is 0 Å². The molecule has 5 heteroatoms. The Kier molecular flexibility index (Phi) is 9.00. The van der Waals surface area contributed by atoms with Crippen molar-refractivity contribution in [1.82, 2.24) is 10.2 Å². The molecule has 112 valence electrons. The minimum atomic E-state index is -0.760. The summed E-state index contributed by atoms with van der Waals surface area (Å²) in [6, 6.07) is 0.239. The van der Waals surface area contributed by atoms with Crippen molar-refractivity contribution in [3.8, 4) is 0 Å². The number of hydrogen-bond donors (Lipinski definition) is 2. The maximum Gasteiger partial charge on any atom is 0.317 e. The molecule has 0 aromatic heterocycles. The molecule has 0 spiro atoms. The van der Waals surface area contributed by atoms with Gasteiger partial charge in [-0.25, -0.2) is 4.79 Å². The number of carbonyl (C=O) groups is 2. The molecule has 1 atom stereocenters. The van der Waals surface area contributed by atoms with Crippen LogP contribution in [0.25, 0.3) is 0 Å². The lowest BCUT2D eigenvalue weighted by molar-refractivity contribution is -0.137. The number of carboxylic acids is 1. The van der Waals surface area contributed by atoms with E-state index < -0.39 is 5.97 Å². The van der Waals surface area contributed by atoms with E-state index in [2.05, 4.69) is 19.2 Å². The van der Waals surface area contributed by atoms with Crippen LogP contribution >= 0.6 is 0 Å². The van der Waals surface area contributed by atoms with Crippen LogP contribution in [0.1, 0.15) is 52.9 Å². The van der Waals surface area contributed by atoms with Crippen molar-refractivity contribution in [2.45, 2.75) is 58.9 Å². The Labute approximate surface area is 116 Å². The van der Waals surface area contributed by atoms with Crippen LogP contribution in [-0.2, 0) is 4.79 Å². The van der Waals surface area contributed by atoms with Crippen LogP contribution in [-0.4, -0.2) is 41.6 Å². The van der Waals surface area contributed by atoms with Gasteiger partial charge < -0.3 is 15.3 Å². The van der Waals surface area contributed by atoms with Gasteiger partial charge in [0.15, 0.2) is 0 Å². The predicted octanol–water partition coefficient (Wildman–Crippen LogP) is 2.71. The van der Waals surface area contributed by atoms with Gasteiger partial charge in [-0.15, -0.1) is 0 Å². The van der Waals surface area contributed by atoms with Crippen molar-refractivity contribution in [3.05, 3.63) is 0 Å². The smallest absolute Gasteiger partial charge is 0.317 e. The average molecular weight is 272 g/mol. The molecule has 0 bridgehead atoms. The van der Waals surface area contributed by atoms with Crippen molar-refractivity contribution in [3.63, 3.8) is 0 Å². The summed E-state index contributed by atoms with van der Waals surface area (Å²) in [4.78, 5) is 24.1. The van der Waals surface area contributed by atoms with E-state index in [9.17, 15) is 9.59 Å². The molecule has 0 aliphatic heterocycles. The number of nitrogens with one attached hydrogen (secondary N) is 1. The first-order chi connectivity index (χ1) is 8.92. The predicted molar refractivity (Wildman–Crippen MR) is 76.2 cm³/mol. The van der Waals surface area contributed by atoms with Gasteiger partial charge in [-0.2, -0.15) is 0 Å². The fourth-order valence-electron chi connectivity index (χ4n) is 2.07. The average Bonchev–Trinajstić information content (AvgIpc) is 2.37. The van der Waals surface area contributed by atoms with Crippen LogP contribution in [0.3, 0.4) is 0 Å². The van der Waals surface area contributed by atoms with Gasteiger partial charge in [-0.1, -0.05) is 20.8 Å². The molecule has 0 rings (SSSR count). The molecule has 2 amide bonds. The van der Waals surface area contributed by atoms with Crippen molar-refractivity contribution in [2.75, 3.05) is 13.6 Å². The number of nitrogens with zero attached hydrogens (tertiary/aromatic N) is 1. The second kappa shape index (κ2) is 9.64. The highest BCUT2D eigenvalue weighted by Gasteiger charge is 2.16. The van der Waals surface area contributed by atoms with Crippen LogP contribution in [0.2, 0.25) is 0 Å². The quantitative estimate of drug-likeness (QED) is 0.678. The molecule has 0 heterocycles. The first-order valence-electron chi connectivity index (χ1n) is 7.14. The first kappa shape index (κ1) is 17.7. The minimum absolute atomic E-state index is 0.0425. The van der Waals surface area contributed by atoms with Crippen molar-refractivity contribution < 1.29 is 14.7 Å². The lowest BCUT2D eigenvalue weighted by Gasteiger charge is -2.26. The van der Waals surface area contributed by atoms with E-state index in [-0.39, 0.29) is 18.5 Å². The molecule has 0 aliphatic rings. The molecule has 0 aromatic carbocycles. The molecule has 0 aromatic rings. The summed E-state index contributed by atoms with van der Waals surface area (Å²) in [6.07, 6.45) is 3.58. The van der Waals surface area contributed by atoms with Crippen LogP contribution in [0.5, 0.6) is 0 Å². The number of aliphatic carboxylic acids is 1. The van der Waals surface area contributed by atoms with Gasteiger partial charge >= 0.3 is 12.0 Å². The molecule has 2 N–H and O–H groups in total. The SMILES string of the molecule is CCC(CC)N(C)C(=O)NCCC(C)CCC(=O)O. The Morgan fingerprint density at radius 1 is 1.21 bits per heavy atom. The summed E-state index contributed by atoms with van der Waals surface area (Å²) in [6.45, 7) is 6.77. The molecule has 0 saturated heterocycles. The number of urea groups is 1. The van der Waals surface area contributed by atoms with Crippen LogP contribution in [0, 0.1) is 5.92 Å². The zero-order chi connectivity index (χ0) is 14.8. The third kappa shape index (κ3) is 7.70. The molecular weight excluding hydrogens is 244 g/mol. The van der Waals surface area contributed by atoms with E-state index in [1.807, 2.05) is 14.0 Å². The highest BCUT2D eigenvalue weighted by atomic mass is 16.4. The fraction of sp³-hybridized carbons (Fsp3) is 0.857. The zero-order valence-corrected chi connectivity index (χ0v) is 12.6. The van der Waals surface area contributed by atoms with Gasteiger partial charge in [0.1, 0.15) is 0 Å². The number of amides is 2. The highest BCUT2D eigenvalue weighted by Crippen LogP contribution is 2.10. The van der Waals surface area contributed by atoms with Gasteiger partial charge in [0.2, 0.25) is 0 Å². The molecule has 0 fully saturated rings. The summed E-state index contributed by atoms with van der Waals surface area (Å²) in [5.74, 6) is -0.445. The van der Waals surface area contributed by atoms with Crippen molar-refractivity contribution in [1.29, 1.82) is 0 Å². The Hall–Kier alpha value is -1.26. The molecule has 0 aliphatic carbocycles. The standard InChI is InChI=1S/C14H28N2O3/c1-5-12(6-2)16(4)14(19)15-10-9-11(3)7-8-13(17)18/h11-12H,5-10H2,1-4H3,(H,15,19)(H,17,18). The van der Waals surface area contributed by atoms with E-state index >= 15 is 0 Å². The number of hydrogen-bond acceptors (Lipinski definition) is 2. The Balaban J connectivity index is 3.87. The summed E-state index contributed by atoms with van der Waals surface area (Å²) < 4.78 is 0. The Morgan fingerprint density at radius 2 is 1.79 bits per heavy atom. The normalized spacial score (nSPS) is 12.3.